The van der Waals surface area contributed by atoms with Gasteiger partial charge < -0.3 is 29.3 Å². The summed E-state index contributed by atoms with van der Waals surface area (Å²) in [4.78, 5) is 9.16. The third kappa shape index (κ3) is 4.34. The van der Waals surface area contributed by atoms with Crippen LogP contribution < -0.4 is 24.4 Å². The number of ether oxygens (including phenoxy) is 3. The highest BCUT2D eigenvalue weighted by Gasteiger charge is 2.21. The van der Waals surface area contributed by atoms with Gasteiger partial charge in [-0.05, 0) is 36.2 Å². The summed E-state index contributed by atoms with van der Waals surface area (Å²) >= 11 is 0. The minimum absolute atomic E-state index is 0.310. The molecule has 0 bridgehead atoms. The first-order valence-electron chi connectivity index (χ1n) is 10.0. The fraction of sp³-hybridized carbons (Fsp3) is 0.409. The summed E-state index contributed by atoms with van der Waals surface area (Å²) in [5.41, 5.74) is 2.37. The normalized spacial score (nSPS) is 16.1. The minimum atomic E-state index is 0.310. The number of guanidine groups is 1. The van der Waals surface area contributed by atoms with E-state index in [0.29, 0.717) is 6.79 Å². The molecular weight excluding hydrogens is 368 g/mol. The lowest BCUT2D eigenvalue weighted by Gasteiger charge is -2.38. The molecule has 4 rings (SSSR count). The number of fused-ring (bicyclic) bond motifs is 1. The molecule has 1 N–H and O–H groups in total. The second-order valence-electron chi connectivity index (χ2n) is 7.06. The highest BCUT2D eigenvalue weighted by molar-refractivity contribution is 5.80. The average Bonchev–Trinajstić information content (AvgIpc) is 3.25. The number of hydrogen-bond donors (Lipinski definition) is 1. The van der Waals surface area contributed by atoms with Crippen LogP contribution in [0.25, 0.3) is 0 Å². The number of hydrogen-bond acceptors (Lipinski definition) is 5. The molecule has 0 amide bonds. The highest BCUT2D eigenvalue weighted by Crippen LogP contribution is 2.32. The predicted molar refractivity (Wildman–Crippen MR) is 114 cm³/mol. The van der Waals surface area contributed by atoms with Gasteiger partial charge in [0.15, 0.2) is 17.5 Å². The molecular formula is C22H28N4O3. The largest absolute Gasteiger partial charge is 0.495 e. The van der Waals surface area contributed by atoms with Gasteiger partial charge >= 0.3 is 0 Å². The van der Waals surface area contributed by atoms with Gasteiger partial charge in [-0.2, -0.15) is 0 Å². The third-order valence-corrected chi connectivity index (χ3v) is 5.35. The van der Waals surface area contributed by atoms with Crippen molar-refractivity contribution in [2.45, 2.75) is 6.42 Å². The lowest BCUT2D eigenvalue weighted by molar-refractivity contribution is 0.174. The predicted octanol–water partition coefficient (Wildman–Crippen LogP) is 2.36. The van der Waals surface area contributed by atoms with E-state index >= 15 is 0 Å². The van der Waals surface area contributed by atoms with E-state index in [2.05, 4.69) is 44.4 Å². The van der Waals surface area contributed by atoms with Crippen LogP contribution in [0, 0.1) is 0 Å². The summed E-state index contributed by atoms with van der Waals surface area (Å²) in [6.45, 7) is 4.83. The van der Waals surface area contributed by atoms with Crippen LogP contribution in [0.3, 0.4) is 0 Å². The second kappa shape index (κ2) is 8.94. The molecule has 7 nitrogen and oxygen atoms in total. The van der Waals surface area contributed by atoms with E-state index < -0.39 is 0 Å². The van der Waals surface area contributed by atoms with Gasteiger partial charge in [0.1, 0.15) is 5.75 Å². The lowest BCUT2D eigenvalue weighted by atomic mass is 10.1. The van der Waals surface area contributed by atoms with Crippen LogP contribution in [0.4, 0.5) is 5.69 Å². The first-order chi connectivity index (χ1) is 14.3. The van der Waals surface area contributed by atoms with Crippen molar-refractivity contribution >= 4 is 11.6 Å². The molecule has 2 aromatic carbocycles. The van der Waals surface area contributed by atoms with Crippen molar-refractivity contribution in [2.75, 3.05) is 58.6 Å². The van der Waals surface area contributed by atoms with Crippen molar-refractivity contribution in [3.63, 3.8) is 0 Å². The molecule has 29 heavy (non-hydrogen) atoms. The molecule has 0 aromatic heterocycles. The second-order valence-corrected chi connectivity index (χ2v) is 7.06. The molecule has 0 atom stereocenters. The number of aliphatic imine (C=N–C) groups is 1. The number of para-hydroxylation sites is 2. The van der Waals surface area contributed by atoms with Gasteiger partial charge in [-0.3, -0.25) is 4.99 Å². The van der Waals surface area contributed by atoms with Gasteiger partial charge in [-0.1, -0.05) is 18.2 Å². The van der Waals surface area contributed by atoms with Crippen molar-refractivity contribution in [3.8, 4) is 17.2 Å². The van der Waals surface area contributed by atoms with Crippen molar-refractivity contribution in [1.82, 2.24) is 10.2 Å². The van der Waals surface area contributed by atoms with Crippen molar-refractivity contribution in [3.05, 3.63) is 48.0 Å². The Morgan fingerprint density at radius 2 is 1.86 bits per heavy atom. The molecule has 0 unspecified atom stereocenters. The van der Waals surface area contributed by atoms with E-state index in [1.807, 2.05) is 25.2 Å². The molecule has 154 valence electrons. The number of nitrogens with zero attached hydrogens (tertiary/aromatic N) is 3. The molecule has 2 aliphatic rings. The zero-order valence-electron chi connectivity index (χ0n) is 17.1. The zero-order valence-corrected chi connectivity index (χ0v) is 17.1. The van der Waals surface area contributed by atoms with Gasteiger partial charge in [-0.15, -0.1) is 0 Å². The summed E-state index contributed by atoms with van der Waals surface area (Å²) in [7, 11) is 3.57. The van der Waals surface area contributed by atoms with E-state index in [9.17, 15) is 0 Å². The molecule has 2 heterocycles. The molecule has 0 aliphatic carbocycles. The zero-order chi connectivity index (χ0) is 20.1. The molecule has 1 fully saturated rings. The fourth-order valence-corrected chi connectivity index (χ4v) is 3.80. The Balaban J connectivity index is 1.28. The first-order valence-corrected chi connectivity index (χ1v) is 10.0. The maximum absolute atomic E-state index is 5.51. The van der Waals surface area contributed by atoms with E-state index in [-0.39, 0.29) is 0 Å². The Hall–Kier alpha value is -3.09. The number of piperazine rings is 1. The van der Waals surface area contributed by atoms with Crippen LogP contribution in [0.2, 0.25) is 0 Å². The number of nitrogens with one attached hydrogen (secondary N) is 1. The van der Waals surface area contributed by atoms with Crippen LogP contribution in [-0.2, 0) is 6.42 Å². The Morgan fingerprint density at radius 3 is 2.66 bits per heavy atom. The van der Waals surface area contributed by atoms with Crippen LogP contribution in [-0.4, -0.2) is 64.5 Å². The maximum atomic E-state index is 5.51. The number of rotatable bonds is 5. The van der Waals surface area contributed by atoms with Crippen molar-refractivity contribution < 1.29 is 14.2 Å². The summed E-state index contributed by atoms with van der Waals surface area (Å²) < 4.78 is 16.3. The van der Waals surface area contributed by atoms with E-state index in [0.717, 1.165) is 68.0 Å². The van der Waals surface area contributed by atoms with Gasteiger partial charge in [0, 0.05) is 39.8 Å². The topological polar surface area (TPSA) is 58.6 Å². The molecule has 2 aromatic rings. The maximum Gasteiger partial charge on any atom is 0.231 e. The van der Waals surface area contributed by atoms with E-state index in [1.165, 1.54) is 5.56 Å². The third-order valence-electron chi connectivity index (χ3n) is 5.35. The number of benzene rings is 2. The van der Waals surface area contributed by atoms with Gasteiger partial charge in [0.2, 0.25) is 6.79 Å². The summed E-state index contributed by atoms with van der Waals surface area (Å²) in [6, 6.07) is 14.3. The Morgan fingerprint density at radius 1 is 1.07 bits per heavy atom. The van der Waals surface area contributed by atoms with Gasteiger partial charge in [0.25, 0.3) is 0 Å². The van der Waals surface area contributed by atoms with Crippen LogP contribution in [0.15, 0.2) is 47.5 Å². The number of anilines is 1. The lowest BCUT2D eigenvalue weighted by Crippen LogP contribution is -2.52. The first kappa shape index (κ1) is 19.2. The van der Waals surface area contributed by atoms with Crippen LogP contribution in [0.1, 0.15) is 5.56 Å². The van der Waals surface area contributed by atoms with E-state index in [1.54, 1.807) is 7.11 Å². The van der Waals surface area contributed by atoms with Crippen molar-refractivity contribution in [2.24, 2.45) is 4.99 Å². The van der Waals surface area contributed by atoms with E-state index in [4.69, 9.17) is 14.2 Å². The Bertz CT molecular complexity index is 863. The Kier molecular flexibility index (Phi) is 5.93. The van der Waals surface area contributed by atoms with Gasteiger partial charge in [0.05, 0.1) is 12.8 Å². The summed E-state index contributed by atoms with van der Waals surface area (Å²) in [5, 5.41) is 3.49. The highest BCUT2D eigenvalue weighted by atomic mass is 16.7. The SMILES string of the molecule is CN=C(NCCc1ccc2c(c1)OCO2)N1CCN(c2ccccc2OC)CC1. The quantitative estimate of drug-likeness (QED) is 0.619. The smallest absolute Gasteiger partial charge is 0.231 e. The molecule has 1 saturated heterocycles. The van der Waals surface area contributed by atoms with Gasteiger partial charge in [-0.25, -0.2) is 0 Å². The summed E-state index contributed by atoms with van der Waals surface area (Å²) in [6.07, 6.45) is 0.900. The van der Waals surface area contributed by atoms with Crippen LogP contribution in [0.5, 0.6) is 17.2 Å². The van der Waals surface area contributed by atoms with Crippen LogP contribution >= 0.6 is 0 Å². The Labute approximate surface area is 171 Å². The fourth-order valence-electron chi connectivity index (χ4n) is 3.80. The molecule has 0 spiro atoms. The molecule has 0 saturated carbocycles. The number of methoxy groups -OCH3 is 1. The molecule has 7 heteroatoms. The average molecular weight is 396 g/mol. The molecule has 2 aliphatic heterocycles. The van der Waals surface area contributed by atoms with Crippen molar-refractivity contribution in [1.29, 1.82) is 0 Å². The monoisotopic (exact) mass is 396 g/mol. The summed E-state index contributed by atoms with van der Waals surface area (Å²) in [5.74, 6) is 3.53. The standard InChI is InChI=1S/C22H28N4O3/c1-23-22(24-10-9-17-7-8-20-21(15-17)29-16-28-20)26-13-11-25(12-14-26)18-5-3-4-6-19(18)27-2/h3-8,15H,9-14,16H2,1-2H3,(H,23,24). The molecule has 0 radical (unpaired) electrons. The minimum Gasteiger partial charge on any atom is -0.495 e.